The van der Waals surface area contributed by atoms with Gasteiger partial charge in [-0.1, -0.05) is 24.6 Å². The van der Waals surface area contributed by atoms with Crippen LogP contribution < -0.4 is 5.73 Å². The van der Waals surface area contributed by atoms with E-state index in [1.165, 1.54) is 49.0 Å². The first-order valence-corrected chi connectivity index (χ1v) is 6.73. The number of rotatable bonds is 3. The van der Waals surface area contributed by atoms with Gasteiger partial charge in [-0.25, -0.2) is 0 Å². The van der Waals surface area contributed by atoms with Crippen LogP contribution in [0.25, 0.3) is 0 Å². The van der Waals surface area contributed by atoms with E-state index in [1.807, 2.05) is 0 Å². The molecule has 0 spiro atoms. The van der Waals surface area contributed by atoms with E-state index < -0.39 is 0 Å². The molecule has 0 amide bonds. The summed E-state index contributed by atoms with van der Waals surface area (Å²) >= 11 is 0. The molecule has 0 unspecified atom stereocenters. The Morgan fingerprint density at radius 1 is 1.12 bits per heavy atom. The summed E-state index contributed by atoms with van der Waals surface area (Å²) in [7, 11) is 0. The maximum atomic E-state index is 5.98. The van der Waals surface area contributed by atoms with Crippen molar-refractivity contribution in [2.24, 2.45) is 5.73 Å². The molecule has 1 aromatic rings. The van der Waals surface area contributed by atoms with Crippen LogP contribution in [0.3, 0.4) is 0 Å². The summed E-state index contributed by atoms with van der Waals surface area (Å²) in [6, 6.07) is 7.18. The zero-order valence-electron chi connectivity index (χ0n) is 11.1. The molecule has 0 radical (unpaired) electrons. The number of hydrogen-bond donors (Lipinski definition) is 1. The number of nitrogens with zero attached hydrogens (tertiary/aromatic N) is 1. The number of piperidine rings is 1. The summed E-state index contributed by atoms with van der Waals surface area (Å²) in [5.41, 5.74) is 10.1. The van der Waals surface area contributed by atoms with Crippen LogP contribution in [0.1, 0.15) is 42.0 Å². The Labute approximate surface area is 105 Å². The van der Waals surface area contributed by atoms with E-state index in [2.05, 4.69) is 36.9 Å². The summed E-state index contributed by atoms with van der Waals surface area (Å²) in [6.45, 7) is 7.48. The van der Waals surface area contributed by atoms with Crippen molar-refractivity contribution in [3.05, 3.63) is 34.9 Å². The lowest BCUT2D eigenvalue weighted by Gasteiger charge is -2.34. The van der Waals surface area contributed by atoms with Crippen molar-refractivity contribution in [1.82, 2.24) is 4.90 Å². The van der Waals surface area contributed by atoms with Crippen molar-refractivity contribution in [1.29, 1.82) is 0 Å². The van der Waals surface area contributed by atoms with Gasteiger partial charge in [0.15, 0.2) is 0 Å². The topological polar surface area (TPSA) is 29.3 Å². The molecule has 17 heavy (non-hydrogen) atoms. The van der Waals surface area contributed by atoms with E-state index in [1.54, 1.807) is 0 Å². The fourth-order valence-corrected chi connectivity index (χ4v) is 2.70. The second-order valence-electron chi connectivity index (χ2n) is 5.19. The molecule has 2 rings (SSSR count). The lowest BCUT2D eigenvalue weighted by molar-refractivity contribution is 0.167. The van der Waals surface area contributed by atoms with Gasteiger partial charge in [0.1, 0.15) is 0 Å². The van der Waals surface area contributed by atoms with E-state index in [-0.39, 0.29) is 0 Å². The summed E-state index contributed by atoms with van der Waals surface area (Å²) < 4.78 is 0. The summed E-state index contributed by atoms with van der Waals surface area (Å²) in [4.78, 5) is 2.55. The van der Waals surface area contributed by atoms with Gasteiger partial charge in [-0.05, 0) is 56.5 Å². The lowest BCUT2D eigenvalue weighted by Crippen LogP contribution is -2.37. The Morgan fingerprint density at radius 2 is 1.82 bits per heavy atom. The normalized spacial score (nSPS) is 19.2. The fraction of sp³-hybridized carbons (Fsp3) is 0.600. The molecule has 1 heterocycles. The van der Waals surface area contributed by atoms with Crippen LogP contribution in [0, 0.1) is 13.8 Å². The average molecular weight is 232 g/mol. The molecule has 1 atom stereocenters. The Kier molecular flexibility index (Phi) is 4.19. The summed E-state index contributed by atoms with van der Waals surface area (Å²) in [5.74, 6) is 0. The molecule has 2 heteroatoms. The van der Waals surface area contributed by atoms with Crippen LogP contribution >= 0.6 is 0 Å². The lowest BCUT2D eigenvalue weighted by atomic mass is 9.98. The van der Waals surface area contributed by atoms with Crippen LogP contribution in [0.2, 0.25) is 0 Å². The second-order valence-corrected chi connectivity index (χ2v) is 5.19. The van der Waals surface area contributed by atoms with Gasteiger partial charge in [0.05, 0.1) is 0 Å². The van der Waals surface area contributed by atoms with Crippen molar-refractivity contribution < 1.29 is 0 Å². The van der Waals surface area contributed by atoms with E-state index in [0.29, 0.717) is 6.04 Å². The van der Waals surface area contributed by atoms with E-state index in [4.69, 9.17) is 5.73 Å². The molecular weight excluding hydrogens is 208 g/mol. The van der Waals surface area contributed by atoms with E-state index in [9.17, 15) is 0 Å². The molecule has 1 aromatic carbocycles. The molecule has 0 aliphatic carbocycles. The van der Waals surface area contributed by atoms with Gasteiger partial charge in [-0.2, -0.15) is 0 Å². The molecule has 1 fully saturated rings. The first-order valence-electron chi connectivity index (χ1n) is 6.73. The monoisotopic (exact) mass is 232 g/mol. The quantitative estimate of drug-likeness (QED) is 0.868. The molecule has 1 aliphatic rings. The van der Waals surface area contributed by atoms with Crippen LogP contribution in [-0.2, 0) is 0 Å². The summed E-state index contributed by atoms with van der Waals surface area (Å²) in [5, 5.41) is 0. The number of nitrogens with two attached hydrogens (primary N) is 1. The zero-order valence-corrected chi connectivity index (χ0v) is 11.1. The maximum Gasteiger partial charge on any atom is 0.0470 e. The average Bonchev–Trinajstić information content (AvgIpc) is 2.36. The predicted octanol–water partition coefficient (Wildman–Crippen LogP) is 2.79. The highest BCUT2D eigenvalue weighted by Gasteiger charge is 2.20. The predicted molar refractivity (Wildman–Crippen MR) is 73.1 cm³/mol. The van der Waals surface area contributed by atoms with Gasteiger partial charge >= 0.3 is 0 Å². The van der Waals surface area contributed by atoms with E-state index >= 15 is 0 Å². The third-order valence-electron chi connectivity index (χ3n) is 3.97. The highest BCUT2D eigenvalue weighted by atomic mass is 15.2. The first-order chi connectivity index (χ1) is 8.22. The fourth-order valence-electron chi connectivity index (χ4n) is 2.70. The van der Waals surface area contributed by atoms with Crippen molar-refractivity contribution in [2.75, 3.05) is 19.6 Å². The van der Waals surface area contributed by atoms with Crippen molar-refractivity contribution in [3.8, 4) is 0 Å². The third-order valence-corrected chi connectivity index (χ3v) is 3.97. The number of benzene rings is 1. The van der Waals surface area contributed by atoms with E-state index in [0.717, 1.165) is 6.54 Å². The molecule has 0 bridgehead atoms. The Morgan fingerprint density at radius 3 is 2.41 bits per heavy atom. The SMILES string of the molecule is Cc1ccc([C@H](CN)N2CCCCC2)cc1C. The molecule has 1 aliphatic heterocycles. The molecule has 2 nitrogen and oxygen atoms in total. The minimum absolute atomic E-state index is 0.412. The number of aryl methyl sites for hydroxylation is 2. The van der Waals surface area contributed by atoms with Gasteiger partial charge in [-0.3, -0.25) is 4.90 Å². The Hall–Kier alpha value is -0.860. The second kappa shape index (κ2) is 5.65. The minimum Gasteiger partial charge on any atom is -0.329 e. The number of likely N-dealkylation sites (tertiary alicyclic amines) is 1. The Balaban J connectivity index is 2.18. The third kappa shape index (κ3) is 2.88. The van der Waals surface area contributed by atoms with Gasteiger partial charge in [-0.15, -0.1) is 0 Å². The molecule has 1 saturated heterocycles. The van der Waals surface area contributed by atoms with Crippen molar-refractivity contribution >= 4 is 0 Å². The molecule has 2 N–H and O–H groups in total. The number of hydrogen-bond acceptors (Lipinski definition) is 2. The van der Waals surface area contributed by atoms with Crippen LogP contribution in [-0.4, -0.2) is 24.5 Å². The standard InChI is InChI=1S/C15H24N2/c1-12-6-7-14(10-13(12)2)15(11-16)17-8-4-3-5-9-17/h6-7,10,15H,3-5,8-9,11,16H2,1-2H3/t15-/m0/s1. The van der Waals surface area contributed by atoms with Gasteiger partial charge in [0.25, 0.3) is 0 Å². The highest BCUT2D eigenvalue weighted by Crippen LogP contribution is 2.25. The zero-order chi connectivity index (χ0) is 12.3. The first kappa shape index (κ1) is 12.6. The van der Waals surface area contributed by atoms with Crippen LogP contribution in [0.5, 0.6) is 0 Å². The van der Waals surface area contributed by atoms with Gasteiger partial charge < -0.3 is 5.73 Å². The van der Waals surface area contributed by atoms with Crippen LogP contribution in [0.4, 0.5) is 0 Å². The largest absolute Gasteiger partial charge is 0.329 e. The smallest absolute Gasteiger partial charge is 0.0470 e. The molecule has 0 saturated carbocycles. The van der Waals surface area contributed by atoms with Crippen LogP contribution in [0.15, 0.2) is 18.2 Å². The Bertz CT molecular complexity index is 367. The van der Waals surface area contributed by atoms with Gasteiger partial charge in [0.2, 0.25) is 0 Å². The van der Waals surface area contributed by atoms with Crippen molar-refractivity contribution in [2.45, 2.75) is 39.2 Å². The molecular formula is C15H24N2. The minimum atomic E-state index is 0.412. The van der Waals surface area contributed by atoms with Gasteiger partial charge in [0, 0.05) is 12.6 Å². The maximum absolute atomic E-state index is 5.98. The molecule has 94 valence electrons. The highest BCUT2D eigenvalue weighted by molar-refractivity contribution is 5.32. The van der Waals surface area contributed by atoms with Crippen molar-refractivity contribution in [3.63, 3.8) is 0 Å². The summed E-state index contributed by atoms with van der Waals surface area (Å²) in [6.07, 6.45) is 4.02. The molecule has 0 aromatic heterocycles.